The van der Waals surface area contributed by atoms with Crippen molar-refractivity contribution in [1.82, 2.24) is 4.90 Å². The summed E-state index contributed by atoms with van der Waals surface area (Å²) in [5, 5.41) is 8.76. The summed E-state index contributed by atoms with van der Waals surface area (Å²) in [5.74, 6) is -1.02. The number of unbranched alkanes of at least 4 members (excludes halogenated alkanes) is 2. The van der Waals surface area contributed by atoms with Gasteiger partial charge in [0.1, 0.15) is 5.75 Å². The zero-order valence-corrected chi connectivity index (χ0v) is 20.7. The number of para-hydroxylation sites is 1. The van der Waals surface area contributed by atoms with Crippen LogP contribution in [0.2, 0.25) is 0 Å². The predicted octanol–water partition coefficient (Wildman–Crippen LogP) is 7.20. The molecule has 0 aliphatic heterocycles. The lowest BCUT2D eigenvalue weighted by Gasteiger charge is -2.24. The van der Waals surface area contributed by atoms with E-state index in [1.54, 1.807) is 48.5 Å². The molecule has 1 aliphatic carbocycles. The van der Waals surface area contributed by atoms with Crippen molar-refractivity contribution in [3.05, 3.63) is 89.5 Å². The number of carbonyl (C=O) groups is 2. The number of carbonyl (C=O) groups excluding carboxylic acids is 1. The molecule has 0 atom stereocenters. The summed E-state index contributed by atoms with van der Waals surface area (Å²) in [7, 11) is 0. The van der Waals surface area contributed by atoms with Crippen molar-refractivity contribution in [1.29, 1.82) is 0 Å². The second-order valence-corrected chi connectivity index (χ2v) is 9.22. The molecule has 0 bridgehead atoms. The zero-order valence-electron chi connectivity index (χ0n) is 22.7. The molecular formula is C30H30F3NO4. The Bertz CT molecular complexity index is 1320. The lowest BCUT2D eigenvalue weighted by molar-refractivity contribution is -0.138. The summed E-state index contributed by atoms with van der Waals surface area (Å²) >= 11 is 0. The Kier molecular flexibility index (Phi) is 7.84. The minimum atomic E-state index is -4.42. The van der Waals surface area contributed by atoms with Gasteiger partial charge < -0.3 is 14.7 Å². The second-order valence-electron chi connectivity index (χ2n) is 9.22. The fraction of sp³-hybridized carbons (Fsp3) is 0.333. The van der Waals surface area contributed by atoms with Gasteiger partial charge in [-0.3, -0.25) is 9.59 Å². The molecule has 1 saturated carbocycles. The Morgan fingerprint density at radius 2 is 1.55 bits per heavy atom. The van der Waals surface area contributed by atoms with Gasteiger partial charge in [0.2, 0.25) is 0 Å². The summed E-state index contributed by atoms with van der Waals surface area (Å²) in [6.07, 6.45) is -1.20. The van der Waals surface area contributed by atoms with Gasteiger partial charge in [-0.05, 0) is 73.6 Å². The topological polar surface area (TPSA) is 66.8 Å². The van der Waals surface area contributed by atoms with Crippen LogP contribution >= 0.6 is 0 Å². The lowest BCUT2D eigenvalue weighted by Crippen LogP contribution is -2.32. The van der Waals surface area contributed by atoms with Gasteiger partial charge >= 0.3 is 12.1 Å². The molecule has 1 aliphatic rings. The molecule has 0 radical (unpaired) electrons. The molecule has 5 nitrogen and oxygen atoms in total. The molecule has 4 rings (SSSR count). The van der Waals surface area contributed by atoms with Crippen molar-refractivity contribution < 1.29 is 35.3 Å². The second kappa shape index (κ2) is 12.2. The third-order valence-corrected chi connectivity index (χ3v) is 6.23. The fourth-order valence-corrected chi connectivity index (χ4v) is 3.99. The molecule has 8 heteroatoms. The SMILES string of the molecule is [2H]C([2H])(c1ccccc1OCCCCCC(=O)O)N(C(=O)c1ccc(-c2ccc(C(F)(F)F)cc2)cc1)C1CC1. The van der Waals surface area contributed by atoms with Gasteiger partial charge in [-0.25, -0.2) is 0 Å². The fourth-order valence-electron chi connectivity index (χ4n) is 3.99. The highest BCUT2D eigenvalue weighted by Crippen LogP contribution is 2.33. The molecular weight excluding hydrogens is 495 g/mol. The number of aliphatic carboxylic acids is 1. The van der Waals surface area contributed by atoms with Gasteiger partial charge in [0.15, 0.2) is 0 Å². The number of ether oxygens (including phenoxy) is 1. The molecule has 1 N–H and O–H groups in total. The van der Waals surface area contributed by atoms with Gasteiger partial charge in [-0.2, -0.15) is 13.2 Å². The van der Waals surface area contributed by atoms with Gasteiger partial charge in [0.05, 0.1) is 14.9 Å². The Morgan fingerprint density at radius 3 is 2.16 bits per heavy atom. The molecule has 1 fully saturated rings. The number of hydrogen-bond acceptors (Lipinski definition) is 3. The zero-order chi connectivity index (χ0) is 28.9. The van der Waals surface area contributed by atoms with Crippen LogP contribution < -0.4 is 4.74 Å². The summed E-state index contributed by atoms with van der Waals surface area (Å²) < 4.78 is 62.5. The highest BCUT2D eigenvalue weighted by molar-refractivity contribution is 5.95. The summed E-state index contributed by atoms with van der Waals surface area (Å²) in [4.78, 5) is 25.5. The molecule has 0 heterocycles. The maximum atomic E-state index is 13.6. The monoisotopic (exact) mass is 527 g/mol. The van der Waals surface area contributed by atoms with E-state index >= 15 is 0 Å². The number of amides is 1. The third-order valence-electron chi connectivity index (χ3n) is 6.23. The van der Waals surface area contributed by atoms with Crippen molar-refractivity contribution in [3.8, 4) is 16.9 Å². The standard InChI is InChI=1S/C30H30F3NO4/c31-30(32,33)25-15-13-22(14-16-25)21-9-11-23(12-10-21)29(37)34(26-17-18-26)20-24-6-3-4-7-27(24)38-19-5-1-2-8-28(35)36/h3-4,6-7,9-16,26H,1-2,5,8,17-20H2,(H,35,36)/i20D2. The smallest absolute Gasteiger partial charge is 0.416 e. The van der Waals surface area contributed by atoms with E-state index in [2.05, 4.69) is 0 Å². The van der Waals surface area contributed by atoms with E-state index in [0.29, 0.717) is 49.0 Å². The number of hydrogen-bond donors (Lipinski definition) is 1. The van der Waals surface area contributed by atoms with E-state index in [4.69, 9.17) is 12.6 Å². The minimum absolute atomic E-state index is 0.0862. The number of carboxylic acid groups (broad SMARTS) is 1. The number of benzene rings is 3. The average molecular weight is 528 g/mol. The van der Waals surface area contributed by atoms with E-state index in [9.17, 15) is 22.8 Å². The number of halogens is 3. The predicted molar refractivity (Wildman–Crippen MR) is 138 cm³/mol. The molecule has 0 unspecified atom stereocenters. The molecule has 3 aromatic rings. The van der Waals surface area contributed by atoms with E-state index in [1.165, 1.54) is 17.0 Å². The highest BCUT2D eigenvalue weighted by Gasteiger charge is 2.34. The van der Waals surface area contributed by atoms with Crippen LogP contribution in [0.3, 0.4) is 0 Å². The first-order valence-corrected chi connectivity index (χ1v) is 12.5. The van der Waals surface area contributed by atoms with Crippen molar-refractivity contribution >= 4 is 11.9 Å². The normalized spacial score (nSPS) is 14.4. The van der Waals surface area contributed by atoms with Gasteiger partial charge in [0.25, 0.3) is 5.91 Å². The maximum absolute atomic E-state index is 13.6. The summed E-state index contributed by atoms with van der Waals surface area (Å²) in [5.41, 5.74) is 0.946. The first-order chi connectivity index (χ1) is 19.0. The van der Waals surface area contributed by atoms with Crippen LogP contribution in [-0.2, 0) is 17.5 Å². The van der Waals surface area contributed by atoms with E-state index < -0.39 is 30.1 Å². The van der Waals surface area contributed by atoms with E-state index in [0.717, 1.165) is 12.1 Å². The summed E-state index contributed by atoms with van der Waals surface area (Å²) in [6, 6.07) is 17.5. The van der Waals surface area contributed by atoms with Crippen molar-refractivity contribution in [2.45, 2.75) is 57.2 Å². The van der Waals surface area contributed by atoms with E-state index in [1.807, 2.05) is 0 Å². The largest absolute Gasteiger partial charge is 0.493 e. The van der Waals surface area contributed by atoms with Crippen LogP contribution in [-0.4, -0.2) is 34.5 Å². The van der Waals surface area contributed by atoms with Crippen LogP contribution in [0, 0.1) is 0 Å². The first kappa shape index (κ1) is 24.5. The highest BCUT2D eigenvalue weighted by atomic mass is 19.4. The molecule has 0 spiro atoms. The Labute approximate surface area is 222 Å². The number of alkyl halides is 3. The van der Waals surface area contributed by atoms with Gasteiger partial charge in [-0.1, -0.05) is 42.5 Å². The average Bonchev–Trinajstić information content (AvgIpc) is 3.75. The molecule has 0 saturated heterocycles. The lowest BCUT2D eigenvalue weighted by atomic mass is 10.0. The van der Waals surface area contributed by atoms with Crippen molar-refractivity contribution in [2.24, 2.45) is 0 Å². The molecule has 38 heavy (non-hydrogen) atoms. The third kappa shape index (κ3) is 7.37. The maximum Gasteiger partial charge on any atom is 0.416 e. The first-order valence-electron chi connectivity index (χ1n) is 13.5. The Balaban J connectivity index is 1.50. The van der Waals surface area contributed by atoms with Crippen LogP contribution in [0.15, 0.2) is 72.8 Å². The quantitative estimate of drug-likeness (QED) is 0.253. The van der Waals surface area contributed by atoms with Crippen molar-refractivity contribution in [2.75, 3.05) is 6.61 Å². The minimum Gasteiger partial charge on any atom is -0.493 e. The van der Waals surface area contributed by atoms with Crippen LogP contribution in [0.1, 0.15) is 62.8 Å². The number of rotatable bonds is 12. The summed E-state index contributed by atoms with van der Waals surface area (Å²) in [6.45, 7) is -1.89. The van der Waals surface area contributed by atoms with E-state index in [-0.39, 0.29) is 30.2 Å². The molecule has 0 aromatic heterocycles. The van der Waals surface area contributed by atoms with Gasteiger partial charge in [-0.15, -0.1) is 0 Å². The van der Waals surface area contributed by atoms with Crippen LogP contribution in [0.4, 0.5) is 13.2 Å². The van der Waals surface area contributed by atoms with Crippen molar-refractivity contribution in [3.63, 3.8) is 0 Å². The molecule has 3 aromatic carbocycles. The molecule has 1 amide bonds. The Morgan fingerprint density at radius 1 is 0.921 bits per heavy atom. The number of nitrogens with zero attached hydrogens (tertiary/aromatic N) is 1. The van der Waals surface area contributed by atoms with Crippen LogP contribution in [0.5, 0.6) is 5.75 Å². The van der Waals surface area contributed by atoms with Crippen LogP contribution in [0.25, 0.3) is 11.1 Å². The molecule has 200 valence electrons. The van der Waals surface area contributed by atoms with Gasteiger partial charge in [0, 0.05) is 30.1 Å². The number of carboxylic acids is 1. The Hall–Kier alpha value is -3.81.